The molecule has 3 heteroatoms. The predicted molar refractivity (Wildman–Crippen MR) is 89.7 cm³/mol. The Morgan fingerprint density at radius 2 is 1.95 bits per heavy atom. The average molecular weight is 292 g/mol. The molecule has 1 heterocycles. The Hall–Kier alpha value is -1.09. The van der Waals surface area contributed by atoms with Crippen molar-refractivity contribution in [2.24, 2.45) is 11.7 Å². The fraction of sp³-hybridized carbons (Fsp3) is 0.722. The molecule has 0 spiro atoms. The molecular formula is C18H32N2O. The summed E-state index contributed by atoms with van der Waals surface area (Å²) in [6, 6.07) is 4.22. The van der Waals surface area contributed by atoms with Crippen LogP contribution in [0.3, 0.4) is 0 Å². The summed E-state index contributed by atoms with van der Waals surface area (Å²) < 4.78 is 6.07. The van der Waals surface area contributed by atoms with Crippen LogP contribution in [0.15, 0.2) is 12.1 Å². The molecular weight excluding hydrogens is 260 g/mol. The second-order valence-electron chi connectivity index (χ2n) is 6.00. The highest BCUT2D eigenvalue weighted by atomic mass is 16.5. The minimum atomic E-state index is 0.156. The van der Waals surface area contributed by atoms with Crippen LogP contribution in [0.25, 0.3) is 0 Å². The number of hydrogen-bond donors (Lipinski definition) is 1. The van der Waals surface area contributed by atoms with E-state index in [1.54, 1.807) is 0 Å². The molecule has 2 N–H and O–H groups in total. The molecule has 0 saturated heterocycles. The molecule has 2 atom stereocenters. The molecule has 3 nitrogen and oxygen atoms in total. The van der Waals surface area contributed by atoms with Gasteiger partial charge in [-0.1, -0.05) is 40.0 Å². The molecule has 2 unspecified atom stereocenters. The number of nitrogens with zero attached hydrogens (tertiary/aromatic N) is 1. The van der Waals surface area contributed by atoms with E-state index in [1.807, 2.05) is 19.1 Å². The van der Waals surface area contributed by atoms with Gasteiger partial charge in [-0.3, -0.25) is 4.98 Å². The number of ether oxygens (including phenoxy) is 1. The summed E-state index contributed by atoms with van der Waals surface area (Å²) in [5, 5.41) is 0. The molecule has 0 aliphatic heterocycles. The largest absolute Gasteiger partial charge is 0.491 e. The zero-order chi connectivity index (χ0) is 15.7. The molecule has 1 rings (SSSR count). The van der Waals surface area contributed by atoms with Gasteiger partial charge in [0.2, 0.25) is 0 Å². The van der Waals surface area contributed by atoms with E-state index in [4.69, 9.17) is 10.5 Å². The lowest BCUT2D eigenvalue weighted by Crippen LogP contribution is -2.23. The molecule has 0 aliphatic carbocycles. The first kappa shape index (κ1) is 18.0. The van der Waals surface area contributed by atoms with E-state index < -0.39 is 0 Å². The number of hydrogen-bond acceptors (Lipinski definition) is 3. The first-order chi connectivity index (χ1) is 10.1. The number of nitrogens with two attached hydrogens (primary N) is 1. The molecule has 0 fully saturated rings. The lowest BCUT2D eigenvalue weighted by molar-refractivity contribution is 0.230. The second kappa shape index (κ2) is 9.78. The topological polar surface area (TPSA) is 48.1 Å². The Bertz CT molecular complexity index is 406. The first-order valence-corrected chi connectivity index (χ1v) is 8.45. The molecule has 0 aromatic carbocycles. The summed E-state index contributed by atoms with van der Waals surface area (Å²) in [5.74, 6) is 1.55. The minimum absolute atomic E-state index is 0.156. The van der Waals surface area contributed by atoms with Gasteiger partial charge in [-0.05, 0) is 37.8 Å². The van der Waals surface area contributed by atoms with Gasteiger partial charge in [0.15, 0.2) is 0 Å². The summed E-state index contributed by atoms with van der Waals surface area (Å²) in [4.78, 5) is 4.62. The summed E-state index contributed by atoms with van der Waals surface area (Å²) >= 11 is 0. The zero-order valence-electron chi connectivity index (χ0n) is 14.2. The van der Waals surface area contributed by atoms with Crippen molar-refractivity contribution in [3.63, 3.8) is 0 Å². The van der Waals surface area contributed by atoms with Gasteiger partial charge in [0.25, 0.3) is 0 Å². The molecule has 0 radical (unpaired) electrons. The monoisotopic (exact) mass is 292 g/mol. The van der Waals surface area contributed by atoms with E-state index in [-0.39, 0.29) is 6.04 Å². The van der Waals surface area contributed by atoms with Gasteiger partial charge in [-0.2, -0.15) is 0 Å². The van der Waals surface area contributed by atoms with Crippen LogP contribution in [0, 0.1) is 12.8 Å². The van der Waals surface area contributed by atoms with E-state index >= 15 is 0 Å². The quantitative estimate of drug-likeness (QED) is 0.700. The van der Waals surface area contributed by atoms with Gasteiger partial charge in [0.1, 0.15) is 5.75 Å². The van der Waals surface area contributed by atoms with Crippen molar-refractivity contribution >= 4 is 0 Å². The number of pyridine rings is 1. The van der Waals surface area contributed by atoms with Gasteiger partial charge >= 0.3 is 0 Å². The van der Waals surface area contributed by atoms with Crippen molar-refractivity contribution in [2.45, 2.75) is 72.3 Å². The molecule has 1 aromatic rings. The number of rotatable bonds is 10. The van der Waals surface area contributed by atoms with Gasteiger partial charge in [-0.25, -0.2) is 0 Å². The fourth-order valence-corrected chi connectivity index (χ4v) is 2.37. The van der Waals surface area contributed by atoms with Gasteiger partial charge in [0.05, 0.1) is 12.3 Å². The van der Waals surface area contributed by atoms with Crippen molar-refractivity contribution in [1.29, 1.82) is 0 Å². The van der Waals surface area contributed by atoms with Gasteiger partial charge < -0.3 is 10.5 Å². The molecule has 21 heavy (non-hydrogen) atoms. The van der Waals surface area contributed by atoms with E-state index in [0.717, 1.165) is 36.6 Å². The third-order valence-corrected chi connectivity index (χ3v) is 4.07. The van der Waals surface area contributed by atoms with Crippen molar-refractivity contribution in [3.8, 4) is 5.75 Å². The van der Waals surface area contributed by atoms with Crippen molar-refractivity contribution < 1.29 is 4.74 Å². The summed E-state index contributed by atoms with van der Waals surface area (Å²) in [7, 11) is 0. The highest BCUT2D eigenvalue weighted by molar-refractivity contribution is 5.30. The van der Waals surface area contributed by atoms with E-state index in [0.29, 0.717) is 5.92 Å². The normalized spacial score (nSPS) is 14.0. The Balaban J connectivity index is 2.68. The van der Waals surface area contributed by atoms with Crippen LogP contribution in [0.4, 0.5) is 0 Å². The number of aromatic nitrogens is 1. The summed E-state index contributed by atoms with van der Waals surface area (Å²) in [6.45, 7) is 9.39. The Morgan fingerprint density at radius 3 is 2.57 bits per heavy atom. The van der Waals surface area contributed by atoms with Gasteiger partial charge in [0, 0.05) is 18.2 Å². The Kier molecular flexibility index (Phi) is 8.36. The van der Waals surface area contributed by atoms with E-state index in [9.17, 15) is 0 Å². The Labute approximate surface area is 130 Å². The van der Waals surface area contributed by atoms with E-state index in [1.165, 1.54) is 25.7 Å². The predicted octanol–water partition coefficient (Wildman–Crippen LogP) is 4.27. The van der Waals surface area contributed by atoms with Crippen LogP contribution < -0.4 is 10.5 Å². The van der Waals surface area contributed by atoms with Crippen LogP contribution >= 0.6 is 0 Å². The van der Waals surface area contributed by atoms with Crippen LogP contribution in [0.1, 0.15) is 64.3 Å². The molecule has 0 bridgehead atoms. The second-order valence-corrected chi connectivity index (χ2v) is 6.00. The fourth-order valence-electron chi connectivity index (χ4n) is 2.37. The molecule has 1 aromatic heterocycles. The molecule has 120 valence electrons. The number of unbranched alkanes of at least 4 members (excludes halogenated alkanes) is 1. The third kappa shape index (κ3) is 6.47. The Morgan fingerprint density at radius 1 is 1.19 bits per heavy atom. The summed E-state index contributed by atoms with van der Waals surface area (Å²) in [6.07, 6.45) is 6.70. The van der Waals surface area contributed by atoms with Crippen molar-refractivity contribution in [2.75, 3.05) is 6.61 Å². The average Bonchev–Trinajstić information content (AvgIpc) is 2.49. The lowest BCUT2D eigenvalue weighted by atomic mass is 10.0. The molecule has 0 saturated carbocycles. The van der Waals surface area contributed by atoms with Crippen molar-refractivity contribution in [1.82, 2.24) is 4.98 Å². The van der Waals surface area contributed by atoms with Gasteiger partial charge in [-0.15, -0.1) is 0 Å². The van der Waals surface area contributed by atoms with Crippen LogP contribution in [-0.4, -0.2) is 17.6 Å². The third-order valence-electron chi connectivity index (χ3n) is 4.07. The van der Waals surface area contributed by atoms with Crippen LogP contribution in [-0.2, 0) is 6.42 Å². The maximum Gasteiger partial charge on any atom is 0.140 e. The zero-order valence-corrected chi connectivity index (χ0v) is 14.2. The smallest absolute Gasteiger partial charge is 0.140 e. The highest BCUT2D eigenvalue weighted by Gasteiger charge is 2.12. The minimum Gasteiger partial charge on any atom is -0.491 e. The van der Waals surface area contributed by atoms with Crippen LogP contribution in [0.2, 0.25) is 0 Å². The first-order valence-electron chi connectivity index (χ1n) is 8.45. The SMILES string of the molecule is CCCCC(CC)COc1ccc(C)nc1CC(N)CC. The van der Waals surface area contributed by atoms with Crippen LogP contribution in [0.5, 0.6) is 5.75 Å². The molecule has 0 amide bonds. The van der Waals surface area contributed by atoms with E-state index in [2.05, 4.69) is 25.8 Å². The lowest BCUT2D eigenvalue weighted by Gasteiger charge is -2.18. The number of aryl methyl sites for hydroxylation is 1. The van der Waals surface area contributed by atoms with Crippen molar-refractivity contribution in [3.05, 3.63) is 23.5 Å². The maximum absolute atomic E-state index is 6.08. The summed E-state index contributed by atoms with van der Waals surface area (Å²) in [5.41, 5.74) is 8.11. The molecule has 0 aliphatic rings. The standard InChI is InChI=1S/C18H32N2O/c1-5-8-9-15(6-2)13-21-18-11-10-14(4)20-17(18)12-16(19)7-3/h10-11,15-16H,5-9,12-13,19H2,1-4H3. The maximum atomic E-state index is 6.08. The highest BCUT2D eigenvalue weighted by Crippen LogP contribution is 2.21.